The number of nitrogens with one attached hydrogen (secondary N) is 1. The van der Waals surface area contributed by atoms with E-state index in [9.17, 15) is 18.0 Å². The van der Waals surface area contributed by atoms with Crippen molar-refractivity contribution in [1.29, 1.82) is 0 Å². The first kappa shape index (κ1) is 18.4. The molecule has 134 valence electrons. The quantitative estimate of drug-likeness (QED) is 0.885. The van der Waals surface area contributed by atoms with Crippen LogP contribution in [0.1, 0.15) is 19.8 Å². The zero-order chi connectivity index (χ0) is 17.6. The van der Waals surface area contributed by atoms with Gasteiger partial charge in [0.05, 0.1) is 6.10 Å². The van der Waals surface area contributed by atoms with Crippen LogP contribution in [0.3, 0.4) is 0 Å². The molecule has 0 spiro atoms. The third-order valence-electron chi connectivity index (χ3n) is 3.58. The van der Waals surface area contributed by atoms with Gasteiger partial charge in [-0.2, -0.15) is 13.2 Å². The topological polar surface area (TPSA) is 50.8 Å². The molecule has 1 atom stereocenters. The minimum absolute atomic E-state index is 0.0487. The van der Waals surface area contributed by atoms with Gasteiger partial charge in [0, 0.05) is 25.4 Å². The predicted octanol–water partition coefficient (Wildman–Crippen LogP) is 3.66. The van der Waals surface area contributed by atoms with Crippen molar-refractivity contribution in [3.8, 4) is 5.75 Å². The molecule has 0 saturated carbocycles. The molecule has 0 aromatic heterocycles. The molecule has 1 aliphatic heterocycles. The smallest absolute Gasteiger partial charge is 0.422 e. The Morgan fingerprint density at radius 2 is 2.04 bits per heavy atom. The minimum Gasteiger partial charge on any atom is -0.484 e. The summed E-state index contributed by atoms with van der Waals surface area (Å²) in [5.41, 5.74) is 0.498. The number of urea groups is 1. The fourth-order valence-corrected chi connectivity index (χ4v) is 2.50. The van der Waals surface area contributed by atoms with Crippen molar-refractivity contribution in [2.45, 2.75) is 32.0 Å². The van der Waals surface area contributed by atoms with E-state index in [1.807, 2.05) is 6.92 Å². The first-order valence-electron chi connectivity index (χ1n) is 7.84. The second-order valence-corrected chi connectivity index (χ2v) is 5.52. The minimum atomic E-state index is -4.38. The predicted molar refractivity (Wildman–Crippen MR) is 83.2 cm³/mol. The number of anilines is 1. The van der Waals surface area contributed by atoms with Crippen molar-refractivity contribution >= 4 is 11.7 Å². The van der Waals surface area contributed by atoms with Crippen molar-refractivity contribution in [1.82, 2.24) is 4.90 Å². The molecule has 0 unspecified atom stereocenters. The molecule has 0 aliphatic carbocycles. The van der Waals surface area contributed by atoms with Crippen molar-refractivity contribution in [2.75, 3.05) is 31.6 Å². The average Bonchev–Trinajstić information content (AvgIpc) is 2.54. The van der Waals surface area contributed by atoms with Crippen LogP contribution >= 0.6 is 0 Å². The number of carbonyl (C=O) groups excluding carboxylic acids is 1. The van der Waals surface area contributed by atoms with Gasteiger partial charge in [0.2, 0.25) is 0 Å². The summed E-state index contributed by atoms with van der Waals surface area (Å²) in [6.07, 6.45) is -2.52. The molecule has 2 amide bonds. The Bertz CT molecular complexity index is 532. The van der Waals surface area contributed by atoms with Crippen LogP contribution in [-0.2, 0) is 4.74 Å². The van der Waals surface area contributed by atoms with Gasteiger partial charge in [-0.05, 0) is 44.0 Å². The standard InChI is InChI=1S/C16H21F3N2O3/c1-2-23-14-4-3-9-21(10-14)15(22)20-12-5-7-13(8-6-12)24-11-16(17,18)19/h5-8,14H,2-4,9-11H2,1H3,(H,20,22)/t14-/m0/s1. The van der Waals surface area contributed by atoms with Crippen LogP contribution < -0.4 is 10.1 Å². The number of carbonyl (C=O) groups is 1. The van der Waals surface area contributed by atoms with E-state index in [-0.39, 0.29) is 17.9 Å². The lowest BCUT2D eigenvalue weighted by Gasteiger charge is -2.32. The summed E-state index contributed by atoms with van der Waals surface area (Å²) in [4.78, 5) is 13.9. The van der Waals surface area contributed by atoms with Gasteiger partial charge >= 0.3 is 12.2 Å². The van der Waals surface area contributed by atoms with Crippen LogP contribution in [0, 0.1) is 0 Å². The molecule has 1 fully saturated rings. The number of likely N-dealkylation sites (tertiary alicyclic amines) is 1. The van der Waals surface area contributed by atoms with Gasteiger partial charge in [0.1, 0.15) is 5.75 Å². The molecule has 1 heterocycles. The number of piperidine rings is 1. The van der Waals surface area contributed by atoms with Crippen molar-refractivity contribution < 1.29 is 27.4 Å². The molecule has 8 heteroatoms. The Balaban J connectivity index is 1.85. The monoisotopic (exact) mass is 346 g/mol. The maximum Gasteiger partial charge on any atom is 0.422 e. The lowest BCUT2D eigenvalue weighted by molar-refractivity contribution is -0.153. The van der Waals surface area contributed by atoms with E-state index in [1.165, 1.54) is 24.3 Å². The first-order chi connectivity index (χ1) is 11.4. The number of alkyl halides is 3. The average molecular weight is 346 g/mol. The fraction of sp³-hybridized carbons (Fsp3) is 0.562. The zero-order valence-electron chi connectivity index (χ0n) is 13.4. The SMILES string of the molecule is CCO[C@H]1CCCN(C(=O)Nc2ccc(OCC(F)(F)F)cc2)C1. The third-order valence-corrected chi connectivity index (χ3v) is 3.58. The molecule has 0 bridgehead atoms. The molecule has 24 heavy (non-hydrogen) atoms. The van der Waals surface area contributed by atoms with Crippen LogP contribution in [0.5, 0.6) is 5.75 Å². The normalized spacial score (nSPS) is 18.3. The van der Waals surface area contributed by atoms with Gasteiger partial charge in [-0.3, -0.25) is 0 Å². The number of hydrogen-bond acceptors (Lipinski definition) is 3. The Labute approximate surface area is 138 Å². The highest BCUT2D eigenvalue weighted by molar-refractivity contribution is 5.89. The molecule has 0 radical (unpaired) electrons. The molecule has 1 aromatic rings. The van der Waals surface area contributed by atoms with Gasteiger partial charge in [0.15, 0.2) is 6.61 Å². The molecule has 5 nitrogen and oxygen atoms in total. The molecular formula is C16H21F3N2O3. The Hall–Kier alpha value is -1.96. The Kier molecular flexibility index (Phi) is 6.30. The highest BCUT2D eigenvalue weighted by atomic mass is 19.4. The third kappa shape index (κ3) is 5.92. The summed E-state index contributed by atoms with van der Waals surface area (Å²) in [5.74, 6) is 0.0970. The summed E-state index contributed by atoms with van der Waals surface area (Å²) >= 11 is 0. The summed E-state index contributed by atoms with van der Waals surface area (Å²) in [5, 5.41) is 2.73. The maximum atomic E-state index is 12.2. The highest BCUT2D eigenvalue weighted by Crippen LogP contribution is 2.21. The largest absolute Gasteiger partial charge is 0.484 e. The second-order valence-electron chi connectivity index (χ2n) is 5.52. The second kappa shape index (κ2) is 8.23. The van der Waals surface area contributed by atoms with E-state index in [0.29, 0.717) is 25.4 Å². The Morgan fingerprint density at radius 3 is 2.67 bits per heavy atom. The number of benzene rings is 1. The summed E-state index contributed by atoms with van der Waals surface area (Å²) < 4.78 is 46.4. The van der Waals surface area contributed by atoms with Gasteiger partial charge in [-0.25, -0.2) is 4.79 Å². The summed E-state index contributed by atoms with van der Waals surface area (Å²) in [7, 11) is 0. The zero-order valence-corrected chi connectivity index (χ0v) is 13.4. The highest BCUT2D eigenvalue weighted by Gasteiger charge is 2.28. The summed E-state index contributed by atoms with van der Waals surface area (Å²) in [6, 6.07) is 5.55. The van der Waals surface area contributed by atoms with E-state index in [4.69, 9.17) is 4.74 Å². The first-order valence-corrected chi connectivity index (χ1v) is 7.84. The van der Waals surface area contributed by atoms with Gasteiger partial charge in [0.25, 0.3) is 0 Å². The van der Waals surface area contributed by atoms with Gasteiger partial charge in [-0.15, -0.1) is 0 Å². The number of nitrogens with zero attached hydrogens (tertiary/aromatic N) is 1. The van der Waals surface area contributed by atoms with Gasteiger partial charge < -0.3 is 19.7 Å². The molecule has 1 N–H and O–H groups in total. The molecule has 1 saturated heterocycles. The number of rotatable bonds is 5. The molecular weight excluding hydrogens is 325 g/mol. The van der Waals surface area contributed by atoms with Gasteiger partial charge in [-0.1, -0.05) is 0 Å². The molecule has 1 aromatic carbocycles. The van der Waals surface area contributed by atoms with E-state index >= 15 is 0 Å². The Morgan fingerprint density at radius 1 is 1.33 bits per heavy atom. The molecule has 2 rings (SSSR count). The van der Waals surface area contributed by atoms with Crippen LogP contribution in [-0.4, -0.2) is 49.5 Å². The van der Waals surface area contributed by atoms with Crippen LogP contribution in [0.4, 0.5) is 23.7 Å². The molecule has 1 aliphatic rings. The summed E-state index contributed by atoms with van der Waals surface area (Å²) in [6.45, 7) is 2.38. The van der Waals surface area contributed by atoms with Crippen molar-refractivity contribution in [2.24, 2.45) is 0 Å². The number of hydrogen-bond donors (Lipinski definition) is 1. The van der Waals surface area contributed by atoms with Crippen molar-refractivity contribution in [3.05, 3.63) is 24.3 Å². The van der Waals surface area contributed by atoms with Crippen LogP contribution in [0.15, 0.2) is 24.3 Å². The van der Waals surface area contributed by atoms with E-state index in [1.54, 1.807) is 4.90 Å². The number of halogens is 3. The maximum absolute atomic E-state index is 12.2. The van der Waals surface area contributed by atoms with Crippen molar-refractivity contribution in [3.63, 3.8) is 0 Å². The lowest BCUT2D eigenvalue weighted by atomic mass is 10.1. The number of amides is 2. The van der Waals surface area contributed by atoms with E-state index in [0.717, 1.165) is 12.8 Å². The lowest BCUT2D eigenvalue weighted by Crippen LogP contribution is -2.45. The fourth-order valence-electron chi connectivity index (χ4n) is 2.50. The van der Waals surface area contributed by atoms with Crippen LogP contribution in [0.25, 0.3) is 0 Å². The van der Waals surface area contributed by atoms with E-state index < -0.39 is 12.8 Å². The van der Waals surface area contributed by atoms with E-state index in [2.05, 4.69) is 10.1 Å². The number of ether oxygens (including phenoxy) is 2. The van der Waals surface area contributed by atoms with Crippen LogP contribution in [0.2, 0.25) is 0 Å².